The van der Waals surface area contributed by atoms with E-state index in [4.69, 9.17) is 4.99 Å². The Hall–Kier alpha value is -0.180. The number of thioether (sulfide) groups is 1. The SMILES string of the molecule is CC(NC1=NC2CCCCC2CS1)C1CCCCC1. The maximum atomic E-state index is 5.01. The summed E-state index contributed by atoms with van der Waals surface area (Å²) in [6.45, 7) is 2.37. The third-order valence-electron chi connectivity index (χ3n) is 5.29. The summed E-state index contributed by atoms with van der Waals surface area (Å²) >= 11 is 1.98. The first-order chi connectivity index (χ1) is 9.33. The maximum absolute atomic E-state index is 5.01. The van der Waals surface area contributed by atoms with Crippen LogP contribution in [0.5, 0.6) is 0 Å². The van der Waals surface area contributed by atoms with Crippen molar-refractivity contribution in [2.75, 3.05) is 5.75 Å². The minimum Gasteiger partial charge on any atom is -0.362 e. The van der Waals surface area contributed by atoms with Gasteiger partial charge in [-0.1, -0.05) is 43.9 Å². The highest BCUT2D eigenvalue weighted by atomic mass is 32.2. The molecule has 3 heteroatoms. The van der Waals surface area contributed by atoms with E-state index in [0.717, 1.165) is 11.8 Å². The molecule has 3 aliphatic rings. The molecule has 2 aliphatic carbocycles. The summed E-state index contributed by atoms with van der Waals surface area (Å²) in [4.78, 5) is 5.01. The van der Waals surface area contributed by atoms with Gasteiger partial charge in [-0.15, -0.1) is 0 Å². The van der Waals surface area contributed by atoms with Gasteiger partial charge in [0.25, 0.3) is 0 Å². The van der Waals surface area contributed by atoms with Crippen molar-refractivity contribution in [2.45, 2.75) is 76.8 Å². The Kier molecular flexibility index (Phi) is 4.73. The van der Waals surface area contributed by atoms with Crippen LogP contribution >= 0.6 is 11.8 Å². The topological polar surface area (TPSA) is 24.4 Å². The fraction of sp³-hybridized carbons (Fsp3) is 0.938. The molecule has 0 radical (unpaired) electrons. The normalized spacial score (nSPS) is 34.3. The lowest BCUT2D eigenvalue weighted by Crippen LogP contribution is -2.41. The monoisotopic (exact) mass is 280 g/mol. The molecule has 2 saturated carbocycles. The molecule has 3 rings (SSSR count). The predicted molar refractivity (Wildman–Crippen MR) is 84.8 cm³/mol. The minimum atomic E-state index is 0.617. The van der Waals surface area contributed by atoms with Crippen molar-refractivity contribution in [1.82, 2.24) is 5.32 Å². The summed E-state index contributed by atoms with van der Waals surface area (Å²) in [5, 5.41) is 4.99. The van der Waals surface area contributed by atoms with E-state index >= 15 is 0 Å². The summed E-state index contributed by atoms with van der Waals surface area (Å²) in [5.74, 6) is 3.05. The van der Waals surface area contributed by atoms with Crippen molar-refractivity contribution in [3.63, 3.8) is 0 Å². The molecule has 0 aromatic rings. The van der Waals surface area contributed by atoms with Gasteiger partial charge in [0.15, 0.2) is 5.17 Å². The Balaban J connectivity index is 1.55. The van der Waals surface area contributed by atoms with Crippen molar-refractivity contribution in [3.8, 4) is 0 Å². The average molecular weight is 280 g/mol. The van der Waals surface area contributed by atoms with Crippen LogP contribution in [0.4, 0.5) is 0 Å². The van der Waals surface area contributed by atoms with Crippen LogP contribution in [0.15, 0.2) is 4.99 Å². The lowest BCUT2D eigenvalue weighted by atomic mass is 9.84. The summed E-state index contributed by atoms with van der Waals surface area (Å²) in [6, 6.07) is 1.25. The van der Waals surface area contributed by atoms with E-state index in [0.29, 0.717) is 12.1 Å². The van der Waals surface area contributed by atoms with E-state index in [2.05, 4.69) is 12.2 Å². The van der Waals surface area contributed by atoms with Gasteiger partial charge in [0.2, 0.25) is 0 Å². The second-order valence-electron chi connectivity index (χ2n) is 6.69. The summed E-state index contributed by atoms with van der Waals surface area (Å²) in [7, 11) is 0. The smallest absolute Gasteiger partial charge is 0.157 e. The van der Waals surface area contributed by atoms with Crippen molar-refractivity contribution in [2.24, 2.45) is 16.8 Å². The number of rotatable bonds is 2. The van der Waals surface area contributed by atoms with Gasteiger partial charge in [-0.05, 0) is 44.4 Å². The second kappa shape index (κ2) is 6.51. The highest BCUT2D eigenvalue weighted by Gasteiger charge is 2.30. The number of nitrogens with one attached hydrogen (secondary N) is 1. The zero-order chi connectivity index (χ0) is 13.1. The van der Waals surface area contributed by atoms with Crippen LogP contribution < -0.4 is 5.32 Å². The third kappa shape index (κ3) is 3.48. The van der Waals surface area contributed by atoms with Gasteiger partial charge in [-0.2, -0.15) is 0 Å². The third-order valence-corrected chi connectivity index (χ3v) is 6.39. The first kappa shape index (κ1) is 13.8. The van der Waals surface area contributed by atoms with Crippen molar-refractivity contribution < 1.29 is 0 Å². The van der Waals surface area contributed by atoms with Crippen LogP contribution in [0.1, 0.15) is 64.7 Å². The van der Waals surface area contributed by atoms with Gasteiger partial charge in [-0.25, -0.2) is 0 Å². The van der Waals surface area contributed by atoms with Crippen LogP contribution in [0.25, 0.3) is 0 Å². The van der Waals surface area contributed by atoms with Gasteiger partial charge in [0.1, 0.15) is 0 Å². The molecule has 0 aromatic heterocycles. The van der Waals surface area contributed by atoms with E-state index in [-0.39, 0.29) is 0 Å². The molecular formula is C16H28N2S. The summed E-state index contributed by atoms with van der Waals surface area (Å²) in [6.07, 6.45) is 12.7. The van der Waals surface area contributed by atoms with Crippen LogP contribution in [0.2, 0.25) is 0 Å². The molecule has 0 bridgehead atoms. The molecule has 0 aromatic carbocycles. The Morgan fingerprint density at radius 1 is 1.05 bits per heavy atom. The number of nitrogens with zero attached hydrogens (tertiary/aromatic N) is 1. The van der Waals surface area contributed by atoms with E-state index in [1.54, 1.807) is 0 Å². The van der Waals surface area contributed by atoms with Gasteiger partial charge in [0.05, 0.1) is 6.04 Å². The number of fused-ring (bicyclic) bond motifs is 1. The number of hydrogen-bond donors (Lipinski definition) is 1. The first-order valence-corrected chi connectivity index (χ1v) is 9.28. The van der Waals surface area contributed by atoms with Gasteiger partial charge in [0, 0.05) is 11.8 Å². The fourth-order valence-corrected chi connectivity index (χ4v) is 5.19. The Morgan fingerprint density at radius 3 is 2.63 bits per heavy atom. The van der Waals surface area contributed by atoms with Crippen molar-refractivity contribution in [3.05, 3.63) is 0 Å². The second-order valence-corrected chi connectivity index (χ2v) is 7.70. The summed E-state index contributed by atoms with van der Waals surface area (Å²) in [5.41, 5.74) is 0. The highest BCUT2D eigenvalue weighted by molar-refractivity contribution is 8.13. The van der Waals surface area contributed by atoms with Crippen LogP contribution in [0.3, 0.4) is 0 Å². The largest absolute Gasteiger partial charge is 0.362 e. The number of amidine groups is 1. The minimum absolute atomic E-state index is 0.617. The molecule has 1 N–H and O–H groups in total. The molecule has 0 amide bonds. The molecule has 19 heavy (non-hydrogen) atoms. The maximum Gasteiger partial charge on any atom is 0.157 e. The molecule has 1 aliphatic heterocycles. The molecule has 1 heterocycles. The molecule has 3 atom stereocenters. The standard InChI is InChI=1S/C16H28N2S/c1-12(13-7-3-2-4-8-13)17-16-18-15-10-6-5-9-14(15)11-19-16/h12-15H,2-11H2,1H3,(H,17,18). The zero-order valence-corrected chi connectivity index (χ0v) is 13.1. The molecule has 0 spiro atoms. The van der Waals surface area contributed by atoms with E-state index in [1.807, 2.05) is 11.8 Å². The van der Waals surface area contributed by atoms with E-state index < -0.39 is 0 Å². The highest BCUT2D eigenvalue weighted by Crippen LogP contribution is 2.34. The van der Waals surface area contributed by atoms with Crippen molar-refractivity contribution in [1.29, 1.82) is 0 Å². The molecule has 3 unspecified atom stereocenters. The predicted octanol–water partition coefficient (Wildman–Crippen LogP) is 4.21. The van der Waals surface area contributed by atoms with Gasteiger partial charge >= 0.3 is 0 Å². The molecule has 2 fully saturated rings. The Morgan fingerprint density at radius 2 is 1.79 bits per heavy atom. The summed E-state index contributed by atoms with van der Waals surface area (Å²) < 4.78 is 0. The van der Waals surface area contributed by atoms with Gasteiger partial charge < -0.3 is 5.32 Å². The van der Waals surface area contributed by atoms with Crippen LogP contribution in [-0.2, 0) is 0 Å². The lowest BCUT2D eigenvalue weighted by Gasteiger charge is -2.35. The number of hydrogen-bond acceptors (Lipinski definition) is 3. The zero-order valence-electron chi connectivity index (χ0n) is 12.2. The fourth-order valence-electron chi connectivity index (χ4n) is 3.95. The first-order valence-electron chi connectivity index (χ1n) is 8.30. The molecular weight excluding hydrogens is 252 g/mol. The van der Waals surface area contributed by atoms with Crippen LogP contribution in [0, 0.1) is 11.8 Å². The molecule has 2 nitrogen and oxygen atoms in total. The quantitative estimate of drug-likeness (QED) is 0.819. The van der Waals surface area contributed by atoms with Crippen molar-refractivity contribution >= 4 is 16.9 Å². The Labute approximate surface area is 122 Å². The molecule has 0 saturated heterocycles. The van der Waals surface area contributed by atoms with E-state index in [1.165, 1.54) is 68.7 Å². The lowest BCUT2D eigenvalue weighted by molar-refractivity contribution is 0.300. The van der Waals surface area contributed by atoms with Crippen LogP contribution in [-0.4, -0.2) is 23.0 Å². The van der Waals surface area contributed by atoms with E-state index in [9.17, 15) is 0 Å². The Bertz CT molecular complexity index is 323. The number of aliphatic imine (C=N–C) groups is 1. The van der Waals surface area contributed by atoms with Gasteiger partial charge in [-0.3, -0.25) is 4.99 Å². The average Bonchev–Trinajstić information content (AvgIpc) is 2.48. The molecule has 108 valence electrons.